The van der Waals surface area contributed by atoms with Crippen molar-refractivity contribution in [1.29, 1.82) is 0 Å². The molecule has 1 N–H and O–H groups in total. The van der Waals surface area contributed by atoms with E-state index >= 15 is 0 Å². The second kappa shape index (κ2) is 6.77. The fourth-order valence-corrected chi connectivity index (χ4v) is 3.52. The first-order chi connectivity index (χ1) is 11.8. The molecule has 2 heterocycles. The standard InChI is InChI=1S/C16H13FN2O4S2/c1-25(21,22)8-12-6-7-13(23-12)15(20)19-16-14(18-9-24-16)10-2-4-11(17)5-3-10/h2-7,9H,8H2,1H3,(H,19,20). The number of carbonyl (C=O) groups excluding carboxylic acids is 1. The highest BCUT2D eigenvalue weighted by Crippen LogP contribution is 2.31. The highest BCUT2D eigenvalue weighted by molar-refractivity contribution is 7.89. The molecule has 1 aromatic carbocycles. The lowest BCUT2D eigenvalue weighted by Crippen LogP contribution is -2.10. The van der Waals surface area contributed by atoms with Crippen molar-refractivity contribution < 1.29 is 22.0 Å². The second-order valence-corrected chi connectivity index (χ2v) is 8.32. The Balaban J connectivity index is 1.78. The molecule has 0 spiro atoms. The molecule has 0 aliphatic carbocycles. The van der Waals surface area contributed by atoms with Gasteiger partial charge in [0.05, 0.1) is 5.51 Å². The van der Waals surface area contributed by atoms with Crippen LogP contribution in [-0.2, 0) is 15.6 Å². The Morgan fingerprint density at radius 2 is 1.96 bits per heavy atom. The zero-order chi connectivity index (χ0) is 18.0. The van der Waals surface area contributed by atoms with Crippen LogP contribution in [0.4, 0.5) is 9.39 Å². The molecule has 2 aromatic heterocycles. The zero-order valence-electron chi connectivity index (χ0n) is 13.0. The molecule has 3 aromatic rings. The third kappa shape index (κ3) is 4.31. The number of amides is 1. The van der Waals surface area contributed by atoms with Gasteiger partial charge in [-0.2, -0.15) is 0 Å². The van der Waals surface area contributed by atoms with E-state index in [4.69, 9.17) is 4.42 Å². The number of anilines is 1. The van der Waals surface area contributed by atoms with Gasteiger partial charge in [0.15, 0.2) is 15.6 Å². The number of hydrogen-bond acceptors (Lipinski definition) is 6. The lowest BCUT2D eigenvalue weighted by Gasteiger charge is -2.04. The Hall–Kier alpha value is -2.52. The van der Waals surface area contributed by atoms with Crippen LogP contribution in [0.5, 0.6) is 0 Å². The third-order valence-electron chi connectivity index (χ3n) is 3.20. The molecule has 0 aliphatic heterocycles. The van der Waals surface area contributed by atoms with Crippen LogP contribution in [0.15, 0.2) is 46.3 Å². The molecule has 0 aliphatic rings. The van der Waals surface area contributed by atoms with E-state index in [0.29, 0.717) is 16.3 Å². The number of halogens is 1. The van der Waals surface area contributed by atoms with Gasteiger partial charge in [-0.05, 0) is 36.4 Å². The van der Waals surface area contributed by atoms with E-state index in [-0.39, 0.29) is 23.1 Å². The molecule has 6 nitrogen and oxygen atoms in total. The van der Waals surface area contributed by atoms with Gasteiger partial charge < -0.3 is 9.73 Å². The molecule has 0 fully saturated rings. The largest absolute Gasteiger partial charge is 0.455 e. The Labute approximate surface area is 147 Å². The zero-order valence-corrected chi connectivity index (χ0v) is 14.7. The minimum Gasteiger partial charge on any atom is -0.455 e. The summed E-state index contributed by atoms with van der Waals surface area (Å²) in [4.78, 5) is 16.5. The molecule has 9 heteroatoms. The Bertz CT molecular complexity index is 1010. The molecule has 0 atom stereocenters. The maximum absolute atomic E-state index is 13.0. The summed E-state index contributed by atoms with van der Waals surface area (Å²) in [5, 5.41) is 3.16. The lowest BCUT2D eigenvalue weighted by molar-refractivity contribution is 0.0995. The van der Waals surface area contributed by atoms with Gasteiger partial charge in [-0.15, -0.1) is 11.3 Å². The van der Waals surface area contributed by atoms with E-state index < -0.39 is 15.7 Å². The lowest BCUT2D eigenvalue weighted by atomic mass is 10.1. The van der Waals surface area contributed by atoms with Crippen LogP contribution >= 0.6 is 11.3 Å². The van der Waals surface area contributed by atoms with Gasteiger partial charge in [0, 0.05) is 11.8 Å². The van der Waals surface area contributed by atoms with Crippen LogP contribution in [0.2, 0.25) is 0 Å². The van der Waals surface area contributed by atoms with Gasteiger partial charge in [-0.25, -0.2) is 17.8 Å². The maximum atomic E-state index is 13.0. The van der Waals surface area contributed by atoms with Gasteiger partial charge >= 0.3 is 0 Å². The van der Waals surface area contributed by atoms with Crippen molar-refractivity contribution >= 4 is 32.1 Å². The summed E-state index contributed by atoms with van der Waals surface area (Å²) in [7, 11) is -3.25. The number of furan rings is 1. The number of nitrogens with one attached hydrogen (secondary N) is 1. The maximum Gasteiger partial charge on any atom is 0.292 e. The molecule has 3 rings (SSSR count). The highest BCUT2D eigenvalue weighted by Gasteiger charge is 2.17. The van der Waals surface area contributed by atoms with Crippen LogP contribution in [0.1, 0.15) is 16.3 Å². The van der Waals surface area contributed by atoms with Crippen LogP contribution in [-0.4, -0.2) is 25.6 Å². The fraction of sp³-hybridized carbons (Fsp3) is 0.125. The van der Waals surface area contributed by atoms with Crippen LogP contribution in [0.25, 0.3) is 11.3 Å². The van der Waals surface area contributed by atoms with Gasteiger partial charge in [0.25, 0.3) is 5.91 Å². The number of thiazole rings is 1. The van der Waals surface area contributed by atoms with Gasteiger partial charge in [0.1, 0.15) is 28.0 Å². The van der Waals surface area contributed by atoms with Crippen LogP contribution in [0.3, 0.4) is 0 Å². The Morgan fingerprint density at radius 3 is 2.64 bits per heavy atom. The fourth-order valence-electron chi connectivity index (χ4n) is 2.15. The monoisotopic (exact) mass is 380 g/mol. The first-order valence-electron chi connectivity index (χ1n) is 7.09. The number of carbonyl (C=O) groups is 1. The van der Waals surface area contributed by atoms with E-state index in [9.17, 15) is 17.6 Å². The Morgan fingerprint density at radius 1 is 1.24 bits per heavy atom. The smallest absolute Gasteiger partial charge is 0.292 e. The number of aromatic nitrogens is 1. The van der Waals surface area contributed by atoms with E-state index in [2.05, 4.69) is 10.3 Å². The number of nitrogens with zero attached hydrogens (tertiary/aromatic N) is 1. The molecule has 0 unspecified atom stereocenters. The van der Waals surface area contributed by atoms with Gasteiger partial charge in [-0.1, -0.05) is 0 Å². The molecule has 1 amide bonds. The highest BCUT2D eigenvalue weighted by atomic mass is 32.2. The summed E-state index contributed by atoms with van der Waals surface area (Å²) in [6.07, 6.45) is 1.08. The summed E-state index contributed by atoms with van der Waals surface area (Å²) in [5.74, 6) is -0.972. The molecule has 0 saturated carbocycles. The van der Waals surface area contributed by atoms with Crippen molar-refractivity contribution in [1.82, 2.24) is 4.98 Å². The summed E-state index contributed by atoms with van der Waals surface area (Å²) < 4.78 is 40.8. The molecule has 25 heavy (non-hydrogen) atoms. The molecule has 0 bridgehead atoms. The van der Waals surface area contributed by atoms with Crippen LogP contribution < -0.4 is 5.32 Å². The summed E-state index contributed by atoms with van der Waals surface area (Å²) >= 11 is 1.21. The van der Waals surface area contributed by atoms with E-state index in [0.717, 1.165) is 6.26 Å². The minimum atomic E-state index is -3.25. The number of benzene rings is 1. The minimum absolute atomic E-state index is 0.00268. The van der Waals surface area contributed by atoms with Crippen molar-refractivity contribution in [3.8, 4) is 11.3 Å². The van der Waals surface area contributed by atoms with Crippen molar-refractivity contribution in [2.75, 3.05) is 11.6 Å². The number of sulfone groups is 1. The molecular formula is C16H13FN2O4S2. The number of rotatable bonds is 5. The van der Waals surface area contributed by atoms with Crippen molar-refractivity contribution in [2.45, 2.75) is 5.75 Å². The van der Waals surface area contributed by atoms with E-state index in [1.165, 1.54) is 35.6 Å². The van der Waals surface area contributed by atoms with Gasteiger partial charge in [-0.3, -0.25) is 4.79 Å². The van der Waals surface area contributed by atoms with E-state index in [1.54, 1.807) is 17.6 Å². The summed E-state index contributed by atoms with van der Waals surface area (Å²) in [6.45, 7) is 0. The SMILES string of the molecule is CS(=O)(=O)Cc1ccc(C(=O)Nc2scnc2-c2ccc(F)cc2)o1. The molecule has 130 valence electrons. The van der Waals surface area contributed by atoms with Crippen molar-refractivity contribution in [2.24, 2.45) is 0 Å². The summed E-state index contributed by atoms with van der Waals surface area (Å²) in [6, 6.07) is 8.61. The predicted molar refractivity (Wildman–Crippen MR) is 92.7 cm³/mol. The molecule has 0 radical (unpaired) electrons. The van der Waals surface area contributed by atoms with Crippen molar-refractivity contribution in [3.63, 3.8) is 0 Å². The first-order valence-corrected chi connectivity index (χ1v) is 10.0. The third-order valence-corrected chi connectivity index (χ3v) is 4.75. The quantitative estimate of drug-likeness (QED) is 0.733. The van der Waals surface area contributed by atoms with Gasteiger partial charge in [0.2, 0.25) is 0 Å². The second-order valence-electron chi connectivity index (χ2n) is 5.33. The topological polar surface area (TPSA) is 89.3 Å². The predicted octanol–water partition coefficient (Wildman–Crippen LogP) is 3.34. The number of hydrogen-bond donors (Lipinski definition) is 1. The van der Waals surface area contributed by atoms with Crippen LogP contribution in [0, 0.1) is 5.82 Å². The summed E-state index contributed by atoms with van der Waals surface area (Å²) in [5.41, 5.74) is 2.74. The average Bonchev–Trinajstić information content (AvgIpc) is 3.16. The first kappa shape index (κ1) is 17.3. The normalized spacial score (nSPS) is 11.4. The average molecular weight is 380 g/mol. The van der Waals surface area contributed by atoms with E-state index in [1.807, 2.05) is 0 Å². The Kier molecular flexibility index (Phi) is 4.69. The molecular weight excluding hydrogens is 367 g/mol. The van der Waals surface area contributed by atoms with Crippen molar-refractivity contribution in [3.05, 3.63) is 59.2 Å². The molecule has 0 saturated heterocycles.